The van der Waals surface area contributed by atoms with Crippen LogP contribution in [0.5, 0.6) is 5.75 Å². The number of benzene rings is 2. The summed E-state index contributed by atoms with van der Waals surface area (Å²) >= 11 is 0. The van der Waals surface area contributed by atoms with Crippen molar-refractivity contribution in [3.05, 3.63) is 71.6 Å². The maximum atomic E-state index is 5.94. The topological polar surface area (TPSA) is 53.7 Å². The molecule has 0 radical (unpaired) electrons. The maximum Gasteiger partial charge on any atom is 0.226 e. The second kappa shape index (κ2) is 12.3. The van der Waals surface area contributed by atoms with Crippen molar-refractivity contribution in [2.45, 2.75) is 46.1 Å². The average Bonchev–Trinajstić information content (AvgIpc) is 3.17. The first-order valence-corrected chi connectivity index (χ1v) is 11.1. The van der Waals surface area contributed by atoms with E-state index in [-0.39, 0.29) is 6.10 Å². The Kier molecular flexibility index (Phi) is 9.13. The number of hydrogen-bond acceptors (Lipinski definition) is 5. The molecule has 0 fully saturated rings. The molecule has 0 aliphatic rings. The first-order valence-electron chi connectivity index (χ1n) is 11.1. The van der Waals surface area contributed by atoms with Crippen molar-refractivity contribution in [1.82, 2.24) is 4.98 Å². The molecule has 1 atom stereocenters. The van der Waals surface area contributed by atoms with E-state index in [1.54, 1.807) is 0 Å². The average molecular weight is 424 g/mol. The van der Waals surface area contributed by atoms with Crippen molar-refractivity contribution in [2.75, 3.05) is 26.4 Å². The Morgan fingerprint density at radius 1 is 0.935 bits per heavy atom. The van der Waals surface area contributed by atoms with Crippen molar-refractivity contribution in [1.29, 1.82) is 0 Å². The van der Waals surface area contributed by atoms with Gasteiger partial charge in [0.2, 0.25) is 5.89 Å². The lowest BCUT2D eigenvalue weighted by molar-refractivity contribution is 0.0267. The van der Waals surface area contributed by atoms with Crippen LogP contribution >= 0.6 is 0 Å². The van der Waals surface area contributed by atoms with Gasteiger partial charge in [0.05, 0.1) is 18.4 Å². The zero-order valence-electron chi connectivity index (χ0n) is 18.8. The van der Waals surface area contributed by atoms with E-state index in [4.69, 9.17) is 18.6 Å². The fourth-order valence-corrected chi connectivity index (χ4v) is 3.39. The molecule has 166 valence electrons. The van der Waals surface area contributed by atoms with Crippen molar-refractivity contribution < 1.29 is 18.6 Å². The highest BCUT2D eigenvalue weighted by Crippen LogP contribution is 2.25. The normalized spacial score (nSPS) is 12.1. The predicted octanol–water partition coefficient (Wildman–Crippen LogP) is 6.17. The largest absolute Gasteiger partial charge is 0.493 e. The summed E-state index contributed by atoms with van der Waals surface area (Å²) in [5.74, 6) is 2.33. The van der Waals surface area contributed by atoms with Crippen molar-refractivity contribution in [3.8, 4) is 17.2 Å². The van der Waals surface area contributed by atoms with Crippen molar-refractivity contribution in [3.63, 3.8) is 0 Å². The summed E-state index contributed by atoms with van der Waals surface area (Å²) in [4.78, 5) is 4.64. The van der Waals surface area contributed by atoms with E-state index in [1.165, 1.54) is 0 Å². The fraction of sp³-hybridized carbons (Fsp3) is 0.423. The summed E-state index contributed by atoms with van der Waals surface area (Å²) in [5.41, 5.74) is 3.06. The van der Waals surface area contributed by atoms with Gasteiger partial charge in [0.1, 0.15) is 11.5 Å². The van der Waals surface area contributed by atoms with E-state index >= 15 is 0 Å². The molecule has 2 aromatic carbocycles. The van der Waals surface area contributed by atoms with Gasteiger partial charge in [-0.05, 0) is 50.1 Å². The van der Waals surface area contributed by atoms with Crippen LogP contribution in [0.1, 0.15) is 49.8 Å². The fourth-order valence-electron chi connectivity index (χ4n) is 3.39. The molecule has 0 saturated carbocycles. The third-order valence-electron chi connectivity index (χ3n) is 5.01. The van der Waals surface area contributed by atoms with Gasteiger partial charge in [-0.15, -0.1) is 0 Å². The first-order chi connectivity index (χ1) is 15.2. The Bertz CT molecular complexity index is 890. The van der Waals surface area contributed by atoms with Crippen molar-refractivity contribution in [2.24, 2.45) is 0 Å². The molecule has 3 rings (SSSR count). The van der Waals surface area contributed by atoms with Gasteiger partial charge in [0.15, 0.2) is 0 Å². The summed E-state index contributed by atoms with van der Waals surface area (Å²) in [5, 5.41) is 0. The summed E-state index contributed by atoms with van der Waals surface area (Å²) in [6, 6.07) is 18.1. The van der Waals surface area contributed by atoms with E-state index in [9.17, 15) is 0 Å². The van der Waals surface area contributed by atoms with Crippen LogP contribution in [0.3, 0.4) is 0 Å². The zero-order chi connectivity index (χ0) is 21.9. The summed E-state index contributed by atoms with van der Waals surface area (Å²) in [6.45, 7) is 8.81. The molecule has 1 unspecified atom stereocenters. The standard InChI is InChI=1S/C26H33NO4/c1-4-17-28-18-16-25(29-5-2)21-11-13-23(14-12-21)30-19-15-24-20(3)31-26(27-24)22-9-7-6-8-10-22/h6-14,25H,4-5,15-19H2,1-3H3. The summed E-state index contributed by atoms with van der Waals surface area (Å²) in [7, 11) is 0. The number of aryl methyl sites for hydroxylation is 1. The molecular weight excluding hydrogens is 390 g/mol. The van der Waals surface area contributed by atoms with Gasteiger partial charge in [-0.25, -0.2) is 4.98 Å². The minimum Gasteiger partial charge on any atom is -0.493 e. The van der Waals surface area contributed by atoms with Gasteiger partial charge in [-0.1, -0.05) is 37.3 Å². The van der Waals surface area contributed by atoms with Crippen LogP contribution in [0, 0.1) is 6.92 Å². The Morgan fingerprint density at radius 3 is 2.42 bits per heavy atom. The molecule has 31 heavy (non-hydrogen) atoms. The molecule has 0 aliphatic heterocycles. The van der Waals surface area contributed by atoms with Gasteiger partial charge >= 0.3 is 0 Å². The molecule has 0 amide bonds. The molecule has 5 heteroatoms. The number of oxazole rings is 1. The first kappa shape index (κ1) is 23.0. The lowest BCUT2D eigenvalue weighted by Crippen LogP contribution is -2.09. The minimum absolute atomic E-state index is 0.0464. The lowest BCUT2D eigenvalue weighted by atomic mass is 10.1. The monoisotopic (exact) mass is 423 g/mol. The van der Waals surface area contributed by atoms with E-state index in [0.717, 1.165) is 47.8 Å². The van der Waals surface area contributed by atoms with E-state index < -0.39 is 0 Å². The van der Waals surface area contributed by atoms with Gasteiger partial charge in [-0.3, -0.25) is 0 Å². The molecule has 5 nitrogen and oxygen atoms in total. The quantitative estimate of drug-likeness (QED) is 0.308. The van der Waals surface area contributed by atoms with Crippen LogP contribution in [0.2, 0.25) is 0 Å². The second-order valence-corrected chi connectivity index (χ2v) is 7.40. The number of nitrogens with zero attached hydrogens (tertiary/aromatic N) is 1. The summed E-state index contributed by atoms with van der Waals surface area (Å²) < 4.78 is 23.3. The van der Waals surface area contributed by atoms with E-state index in [2.05, 4.69) is 24.0 Å². The Balaban J connectivity index is 1.51. The molecule has 1 heterocycles. The lowest BCUT2D eigenvalue weighted by Gasteiger charge is -2.18. The highest BCUT2D eigenvalue weighted by Gasteiger charge is 2.13. The van der Waals surface area contributed by atoms with Gasteiger partial charge in [-0.2, -0.15) is 0 Å². The number of ether oxygens (including phenoxy) is 3. The molecule has 0 bridgehead atoms. The van der Waals surface area contributed by atoms with Crippen molar-refractivity contribution >= 4 is 0 Å². The SMILES string of the molecule is CCCOCCC(OCC)c1ccc(OCCc2nc(-c3ccccc3)oc2C)cc1. The molecule has 3 aromatic rings. The molecule has 0 N–H and O–H groups in total. The Morgan fingerprint density at radius 2 is 1.71 bits per heavy atom. The number of hydrogen-bond donors (Lipinski definition) is 0. The molecule has 0 spiro atoms. The molecule has 0 aliphatic carbocycles. The van der Waals surface area contributed by atoms with E-state index in [0.29, 0.717) is 32.1 Å². The van der Waals surface area contributed by atoms with Gasteiger partial charge in [0.25, 0.3) is 0 Å². The molecular formula is C26H33NO4. The van der Waals surface area contributed by atoms with Crippen LogP contribution in [0.4, 0.5) is 0 Å². The Hall–Kier alpha value is -2.63. The maximum absolute atomic E-state index is 5.94. The van der Waals surface area contributed by atoms with Crippen LogP contribution in [0.25, 0.3) is 11.5 Å². The van der Waals surface area contributed by atoms with Crippen LogP contribution in [0.15, 0.2) is 59.0 Å². The third-order valence-corrected chi connectivity index (χ3v) is 5.01. The number of aromatic nitrogens is 1. The van der Waals surface area contributed by atoms with Crippen LogP contribution in [-0.2, 0) is 15.9 Å². The zero-order valence-corrected chi connectivity index (χ0v) is 18.8. The van der Waals surface area contributed by atoms with Gasteiger partial charge in [0, 0.05) is 38.2 Å². The minimum atomic E-state index is 0.0464. The van der Waals surface area contributed by atoms with Gasteiger partial charge < -0.3 is 18.6 Å². The third kappa shape index (κ3) is 6.94. The molecule has 1 aromatic heterocycles. The predicted molar refractivity (Wildman–Crippen MR) is 122 cm³/mol. The highest BCUT2D eigenvalue weighted by molar-refractivity contribution is 5.53. The smallest absolute Gasteiger partial charge is 0.226 e. The van der Waals surface area contributed by atoms with E-state index in [1.807, 2.05) is 56.3 Å². The molecule has 0 saturated heterocycles. The van der Waals surface area contributed by atoms with Crippen LogP contribution < -0.4 is 4.74 Å². The Labute approximate surface area is 185 Å². The summed E-state index contributed by atoms with van der Waals surface area (Å²) in [6.07, 6.45) is 2.63. The highest BCUT2D eigenvalue weighted by atomic mass is 16.5. The van der Waals surface area contributed by atoms with Crippen LogP contribution in [-0.4, -0.2) is 31.4 Å². The number of rotatable bonds is 13. The second-order valence-electron chi connectivity index (χ2n) is 7.40.